The van der Waals surface area contributed by atoms with E-state index >= 15 is 0 Å². The Kier molecular flexibility index (Phi) is 6.34. The molecule has 5 aromatic rings. The first-order chi connectivity index (χ1) is 16.8. The highest BCUT2D eigenvalue weighted by atomic mass is 79.9. The highest BCUT2D eigenvalue weighted by Crippen LogP contribution is 2.28. The van der Waals surface area contributed by atoms with Crippen molar-refractivity contribution in [1.29, 1.82) is 0 Å². The molecule has 35 heavy (non-hydrogen) atoms. The zero-order valence-electron chi connectivity index (χ0n) is 18.8. The number of aromatic amines is 1. The number of sulfonamides is 1. The van der Waals surface area contributed by atoms with Gasteiger partial charge in [-0.15, -0.1) is 10.2 Å². The van der Waals surface area contributed by atoms with Crippen LogP contribution in [0.3, 0.4) is 0 Å². The molecule has 1 N–H and O–H groups in total. The van der Waals surface area contributed by atoms with Crippen LogP contribution in [0.25, 0.3) is 27.7 Å². The molecule has 4 aromatic heterocycles. The number of rotatable bonds is 7. The third-order valence-electron chi connectivity index (χ3n) is 5.54. The molecule has 0 fully saturated rings. The minimum atomic E-state index is -3.60. The summed E-state index contributed by atoms with van der Waals surface area (Å²) in [5, 5.41) is 9.56. The van der Waals surface area contributed by atoms with Crippen LogP contribution in [0.2, 0.25) is 0 Å². The number of nitrogens with one attached hydrogen (secondary N) is 1. The van der Waals surface area contributed by atoms with Crippen LogP contribution >= 0.6 is 27.7 Å². The van der Waals surface area contributed by atoms with Gasteiger partial charge < -0.3 is 4.98 Å². The third-order valence-corrected chi connectivity index (χ3v) is 8.92. The van der Waals surface area contributed by atoms with Gasteiger partial charge in [0.2, 0.25) is 15.2 Å². The van der Waals surface area contributed by atoms with Gasteiger partial charge in [-0.25, -0.2) is 18.4 Å². The summed E-state index contributed by atoms with van der Waals surface area (Å²) in [6.45, 7) is 4.40. The minimum absolute atomic E-state index is 0.174. The molecule has 0 amide bonds. The Balaban J connectivity index is 1.44. The van der Waals surface area contributed by atoms with Crippen molar-refractivity contribution in [1.82, 2.24) is 33.9 Å². The Morgan fingerprint density at radius 3 is 2.66 bits per heavy atom. The van der Waals surface area contributed by atoms with Crippen LogP contribution in [0.5, 0.6) is 0 Å². The molecule has 0 saturated carbocycles. The molecule has 0 spiro atoms. The number of fused-ring (bicyclic) bond motifs is 4. The minimum Gasteiger partial charge on any atom is -0.338 e. The maximum Gasteiger partial charge on any atom is 0.258 e. The lowest BCUT2D eigenvalue weighted by Crippen LogP contribution is -2.30. The van der Waals surface area contributed by atoms with E-state index in [1.807, 2.05) is 19.9 Å². The zero-order valence-corrected chi connectivity index (χ0v) is 22.0. The topological polar surface area (TPSA) is 126 Å². The van der Waals surface area contributed by atoms with Crippen LogP contribution in [-0.4, -0.2) is 55.4 Å². The van der Waals surface area contributed by atoms with Crippen LogP contribution in [-0.2, 0) is 15.8 Å². The van der Waals surface area contributed by atoms with Crippen LogP contribution in [0.1, 0.15) is 19.5 Å². The van der Waals surface area contributed by atoms with Crippen molar-refractivity contribution in [3.63, 3.8) is 0 Å². The number of halogens is 1. The molecule has 0 aliphatic heterocycles. The van der Waals surface area contributed by atoms with Crippen molar-refractivity contribution in [2.75, 3.05) is 13.1 Å². The number of aromatic nitrogens is 6. The maximum atomic E-state index is 12.9. The molecular weight excluding hydrogens is 554 g/mol. The van der Waals surface area contributed by atoms with Gasteiger partial charge >= 0.3 is 0 Å². The Morgan fingerprint density at radius 2 is 1.89 bits per heavy atom. The number of pyridine rings is 1. The van der Waals surface area contributed by atoms with E-state index in [2.05, 4.69) is 41.1 Å². The summed E-state index contributed by atoms with van der Waals surface area (Å²) in [6, 6.07) is 9.98. The van der Waals surface area contributed by atoms with Gasteiger partial charge in [0.25, 0.3) is 5.56 Å². The smallest absolute Gasteiger partial charge is 0.258 e. The van der Waals surface area contributed by atoms with Gasteiger partial charge in [-0.1, -0.05) is 25.6 Å². The number of benzene rings is 1. The van der Waals surface area contributed by atoms with Crippen molar-refractivity contribution >= 4 is 65.4 Å². The van der Waals surface area contributed by atoms with E-state index < -0.39 is 10.0 Å². The molecule has 10 nitrogen and oxygen atoms in total. The first-order valence-corrected chi connectivity index (χ1v) is 14.0. The molecular formula is C22H20BrN7O3S2. The lowest BCUT2D eigenvalue weighted by molar-refractivity contribution is 0.445. The zero-order chi connectivity index (χ0) is 24.7. The maximum absolute atomic E-state index is 12.9. The second kappa shape index (κ2) is 9.30. The molecule has 0 atom stereocenters. The summed E-state index contributed by atoms with van der Waals surface area (Å²) < 4.78 is 29.5. The molecule has 4 heterocycles. The first kappa shape index (κ1) is 23.9. The average Bonchev–Trinajstić information content (AvgIpc) is 3.21. The lowest BCUT2D eigenvalue weighted by Gasteiger charge is -2.18. The molecule has 0 aliphatic rings. The van der Waals surface area contributed by atoms with Gasteiger partial charge in [0.15, 0.2) is 5.65 Å². The number of hydrogen-bond acceptors (Lipinski definition) is 8. The van der Waals surface area contributed by atoms with E-state index in [9.17, 15) is 13.2 Å². The number of nitrogens with zero attached hydrogens (tertiary/aromatic N) is 6. The summed E-state index contributed by atoms with van der Waals surface area (Å²) in [5.41, 5.74) is 2.70. The fourth-order valence-electron chi connectivity index (χ4n) is 3.81. The fourth-order valence-corrected chi connectivity index (χ4v) is 6.31. The monoisotopic (exact) mass is 573 g/mol. The van der Waals surface area contributed by atoms with Crippen LogP contribution in [0.4, 0.5) is 0 Å². The van der Waals surface area contributed by atoms with Crippen LogP contribution in [0, 0.1) is 0 Å². The van der Waals surface area contributed by atoms with Gasteiger partial charge in [-0.3, -0.25) is 9.20 Å². The SMILES string of the molecule is CCN(CC)S(=O)(=O)c1ccc2[nH]c3nc(SCc4cc(=O)n5cc(Br)ccc5n4)nnc3c2c1. The Labute approximate surface area is 213 Å². The Hall–Kier alpha value is -2.87. The van der Waals surface area contributed by atoms with Gasteiger partial charge in [-0.05, 0) is 46.3 Å². The van der Waals surface area contributed by atoms with E-state index in [1.165, 1.54) is 26.5 Å². The Bertz CT molecular complexity index is 1750. The number of thioether (sulfide) groups is 1. The second-order valence-corrected chi connectivity index (χ2v) is 11.5. The van der Waals surface area contributed by atoms with Crippen molar-refractivity contribution in [2.45, 2.75) is 29.7 Å². The molecule has 0 saturated heterocycles. The van der Waals surface area contributed by atoms with Crippen LogP contribution in [0.15, 0.2) is 61.9 Å². The predicted molar refractivity (Wildman–Crippen MR) is 138 cm³/mol. The summed E-state index contributed by atoms with van der Waals surface area (Å²) in [7, 11) is -3.60. The van der Waals surface area contributed by atoms with Crippen molar-refractivity contribution in [2.24, 2.45) is 0 Å². The van der Waals surface area contributed by atoms with Crippen molar-refractivity contribution in [3.05, 3.63) is 63.1 Å². The molecule has 0 aliphatic carbocycles. The van der Waals surface area contributed by atoms with E-state index in [0.29, 0.717) is 51.9 Å². The fraction of sp³-hybridized carbons (Fsp3) is 0.227. The molecule has 180 valence electrons. The van der Waals surface area contributed by atoms with Gasteiger partial charge in [0.05, 0.1) is 10.6 Å². The van der Waals surface area contributed by atoms with Crippen LogP contribution < -0.4 is 5.56 Å². The normalized spacial score (nSPS) is 12.3. The molecule has 13 heteroatoms. The summed E-state index contributed by atoms with van der Waals surface area (Å²) in [5.74, 6) is 0.390. The van der Waals surface area contributed by atoms with E-state index in [-0.39, 0.29) is 10.5 Å². The Morgan fingerprint density at radius 1 is 1.09 bits per heavy atom. The van der Waals surface area contributed by atoms with Crippen molar-refractivity contribution < 1.29 is 8.42 Å². The van der Waals surface area contributed by atoms with E-state index in [0.717, 1.165) is 9.99 Å². The highest BCUT2D eigenvalue weighted by Gasteiger charge is 2.23. The van der Waals surface area contributed by atoms with E-state index in [4.69, 9.17) is 0 Å². The van der Waals surface area contributed by atoms with Gasteiger partial charge in [0.1, 0.15) is 11.2 Å². The first-order valence-electron chi connectivity index (χ1n) is 10.8. The van der Waals surface area contributed by atoms with E-state index in [1.54, 1.807) is 30.5 Å². The largest absolute Gasteiger partial charge is 0.338 e. The number of H-pyrrole nitrogens is 1. The third kappa shape index (κ3) is 4.44. The van der Waals surface area contributed by atoms with Gasteiger partial charge in [-0.2, -0.15) is 4.31 Å². The summed E-state index contributed by atoms with van der Waals surface area (Å²) in [4.78, 5) is 24.9. The standard InChI is InChI=1S/C22H20BrN7O3S2/c1-3-29(4-2)35(32,33)15-6-7-17-16(10-15)20-21(25-17)26-22(28-27-20)34-12-14-9-19(31)30-11-13(23)5-8-18(30)24-14/h5-11H,3-4,12H2,1-2H3,(H,25,26,28). The summed E-state index contributed by atoms with van der Waals surface area (Å²) >= 11 is 4.66. The number of hydrogen-bond donors (Lipinski definition) is 1. The molecule has 0 unspecified atom stereocenters. The average molecular weight is 574 g/mol. The molecule has 5 rings (SSSR count). The molecule has 0 bridgehead atoms. The molecule has 1 aromatic carbocycles. The predicted octanol–water partition coefficient (Wildman–Crippen LogP) is 3.60. The van der Waals surface area contributed by atoms with Gasteiger partial charge in [0, 0.05) is 46.5 Å². The summed E-state index contributed by atoms with van der Waals surface area (Å²) in [6.07, 6.45) is 1.68. The second-order valence-electron chi connectivity index (χ2n) is 7.66. The quantitative estimate of drug-likeness (QED) is 0.292. The molecule has 0 radical (unpaired) electrons. The highest BCUT2D eigenvalue weighted by molar-refractivity contribution is 9.10. The van der Waals surface area contributed by atoms with Crippen molar-refractivity contribution in [3.8, 4) is 0 Å². The lowest BCUT2D eigenvalue weighted by atomic mass is 10.2.